The zero-order chi connectivity index (χ0) is 52.7. The van der Waals surface area contributed by atoms with Crippen LogP contribution in [-0.2, 0) is 18.3 Å². The number of benzene rings is 12. The second kappa shape index (κ2) is 18.9. The fraction of sp³-hybridized carbons (Fsp3) is 0.103. The molecule has 380 valence electrons. The van der Waals surface area contributed by atoms with Gasteiger partial charge in [-0.05, 0) is 205 Å². The molecule has 0 N–H and O–H groups in total. The van der Waals surface area contributed by atoms with E-state index >= 15 is 0 Å². The highest BCUT2D eigenvalue weighted by Gasteiger charge is 2.62. The zero-order valence-electron chi connectivity index (χ0n) is 44.6. The first-order chi connectivity index (χ1) is 39.7. The van der Waals surface area contributed by atoms with Gasteiger partial charge in [0.15, 0.2) is 0 Å². The van der Waals surface area contributed by atoms with Gasteiger partial charge in [-0.25, -0.2) is 0 Å². The second-order valence-electron chi connectivity index (χ2n) is 22.7. The highest BCUT2D eigenvalue weighted by Crippen LogP contribution is 2.69. The van der Waals surface area contributed by atoms with Crippen LogP contribution in [0.5, 0.6) is 0 Å². The van der Waals surface area contributed by atoms with Gasteiger partial charge in [-0.15, -0.1) is 0 Å². The van der Waals surface area contributed by atoms with Crippen LogP contribution in [0.3, 0.4) is 0 Å². The summed E-state index contributed by atoms with van der Waals surface area (Å²) in [6, 6.07) is 107. The average Bonchev–Trinajstić information content (AvgIpc) is 4.38. The van der Waals surface area contributed by atoms with Crippen LogP contribution in [0.1, 0.15) is 57.7 Å². The van der Waals surface area contributed by atoms with E-state index in [0.717, 1.165) is 24.2 Å². The molecule has 4 atom stereocenters. The smallest absolute Gasteiger partial charge is 0.0505 e. The molecular weight excluding hydrogens is 965 g/mol. The van der Waals surface area contributed by atoms with Crippen LogP contribution in [0.2, 0.25) is 0 Å². The summed E-state index contributed by atoms with van der Waals surface area (Å²) in [5.74, 6) is 1.11. The molecule has 2 nitrogen and oxygen atoms in total. The van der Waals surface area contributed by atoms with E-state index in [4.69, 9.17) is 0 Å². The van der Waals surface area contributed by atoms with Gasteiger partial charge in [0.05, 0.1) is 11.4 Å². The molecule has 2 heteroatoms. The molecule has 0 aromatic heterocycles. The molecular formula is C78H58N2. The van der Waals surface area contributed by atoms with E-state index in [1.54, 1.807) is 0 Å². The number of fused-ring (bicyclic) bond motifs is 6. The molecule has 4 unspecified atom stereocenters. The molecule has 1 fully saturated rings. The predicted octanol–water partition coefficient (Wildman–Crippen LogP) is 20.4. The SMILES string of the molecule is c1ccc(-c2ccc(-c3cc4ccccc4cc3-c3ccc(N(c4ccccc4)c4cccc5c4C46c7c(cccc7N(c7ccccc7)c7ccc8c(c7)C(c7ccccc7)c7ccccc7-8)CC4CCC6C5)cc3)cc2)cc1. The second-order valence-corrected chi connectivity index (χ2v) is 22.7. The first kappa shape index (κ1) is 46.6. The van der Waals surface area contributed by atoms with Crippen LogP contribution in [0.4, 0.5) is 34.1 Å². The first-order valence-corrected chi connectivity index (χ1v) is 28.7. The topological polar surface area (TPSA) is 6.48 Å². The van der Waals surface area contributed by atoms with E-state index in [2.05, 4.69) is 295 Å². The minimum atomic E-state index is -0.187. The molecule has 0 bridgehead atoms. The van der Waals surface area contributed by atoms with E-state index in [1.807, 2.05) is 0 Å². The maximum Gasteiger partial charge on any atom is 0.0505 e. The fourth-order valence-corrected chi connectivity index (χ4v) is 15.4. The van der Waals surface area contributed by atoms with Crippen molar-refractivity contribution in [1.29, 1.82) is 0 Å². The third-order valence-corrected chi connectivity index (χ3v) is 18.6. The van der Waals surface area contributed by atoms with Crippen LogP contribution < -0.4 is 9.80 Å². The van der Waals surface area contributed by atoms with Crippen molar-refractivity contribution in [3.63, 3.8) is 0 Å². The Labute approximate surface area is 469 Å². The molecule has 4 aliphatic carbocycles. The summed E-state index contributed by atoms with van der Waals surface area (Å²) >= 11 is 0. The summed E-state index contributed by atoms with van der Waals surface area (Å²) in [5, 5.41) is 2.48. The third kappa shape index (κ3) is 7.32. The Hall–Kier alpha value is -9.50. The molecule has 0 heterocycles. The minimum Gasteiger partial charge on any atom is -0.310 e. The third-order valence-electron chi connectivity index (χ3n) is 18.6. The quantitative estimate of drug-likeness (QED) is 0.135. The number of nitrogens with zero attached hydrogens (tertiary/aromatic N) is 2. The number of anilines is 6. The Bertz CT molecular complexity index is 4290. The van der Waals surface area contributed by atoms with Crippen LogP contribution >= 0.6 is 0 Å². The lowest BCUT2D eigenvalue weighted by Gasteiger charge is -2.40. The van der Waals surface area contributed by atoms with Crippen molar-refractivity contribution < 1.29 is 0 Å². The van der Waals surface area contributed by atoms with Crippen molar-refractivity contribution >= 4 is 44.9 Å². The van der Waals surface area contributed by atoms with Gasteiger partial charge in [-0.3, -0.25) is 0 Å². The normalized spacial score (nSPS) is 18.0. The van der Waals surface area contributed by atoms with Crippen LogP contribution in [0.15, 0.2) is 285 Å². The molecule has 16 rings (SSSR count). The fourth-order valence-electron chi connectivity index (χ4n) is 15.4. The number of hydrogen-bond acceptors (Lipinski definition) is 2. The summed E-state index contributed by atoms with van der Waals surface area (Å²) in [7, 11) is 0. The molecule has 12 aromatic rings. The van der Waals surface area contributed by atoms with Crippen molar-refractivity contribution in [2.45, 2.75) is 37.0 Å². The lowest BCUT2D eigenvalue weighted by molar-refractivity contribution is 0.350. The maximum absolute atomic E-state index is 2.61. The summed E-state index contributed by atoms with van der Waals surface area (Å²) in [4.78, 5) is 5.19. The van der Waals surface area contributed by atoms with E-state index in [1.165, 1.54) is 130 Å². The summed E-state index contributed by atoms with van der Waals surface area (Å²) in [6.07, 6.45) is 4.59. The predicted molar refractivity (Wildman–Crippen MR) is 333 cm³/mol. The highest BCUT2D eigenvalue weighted by molar-refractivity contribution is 5.97. The first-order valence-electron chi connectivity index (χ1n) is 28.7. The summed E-state index contributed by atoms with van der Waals surface area (Å²) in [6.45, 7) is 0. The van der Waals surface area contributed by atoms with E-state index in [0.29, 0.717) is 11.8 Å². The monoisotopic (exact) mass is 1020 g/mol. The number of para-hydroxylation sites is 2. The van der Waals surface area contributed by atoms with E-state index in [-0.39, 0.29) is 11.3 Å². The molecule has 4 aliphatic rings. The zero-order valence-corrected chi connectivity index (χ0v) is 44.6. The molecule has 80 heavy (non-hydrogen) atoms. The molecule has 12 aromatic carbocycles. The van der Waals surface area contributed by atoms with Gasteiger partial charge >= 0.3 is 0 Å². The molecule has 0 aliphatic heterocycles. The van der Waals surface area contributed by atoms with Crippen LogP contribution in [0.25, 0.3) is 55.3 Å². The minimum absolute atomic E-state index is 0.151. The lowest BCUT2D eigenvalue weighted by atomic mass is 9.68. The Morgan fingerprint density at radius 1 is 0.300 bits per heavy atom. The Morgan fingerprint density at radius 3 is 1.32 bits per heavy atom. The van der Waals surface area contributed by atoms with Gasteiger partial charge in [0.2, 0.25) is 0 Å². The van der Waals surface area contributed by atoms with Crippen LogP contribution in [-0.4, -0.2) is 0 Å². The van der Waals surface area contributed by atoms with Gasteiger partial charge in [-0.1, -0.05) is 212 Å². The molecule has 0 radical (unpaired) electrons. The van der Waals surface area contributed by atoms with Gasteiger partial charge in [0, 0.05) is 34.1 Å². The van der Waals surface area contributed by atoms with Crippen molar-refractivity contribution in [3.8, 4) is 44.5 Å². The van der Waals surface area contributed by atoms with Gasteiger partial charge in [0.1, 0.15) is 0 Å². The van der Waals surface area contributed by atoms with Crippen molar-refractivity contribution in [3.05, 3.63) is 324 Å². The van der Waals surface area contributed by atoms with E-state index < -0.39 is 0 Å². The average molecular weight is 1020 g/mol. The van der Waals surface area contributed by atoms with Gasteiger partial charge in [-0.2, -0.15) is 0 Å². The van der Waals surface area contributed by atoms with Gasteiger partial charge in [0.25, 0.3) is 0 Å². The Kier molecular flexibility index (Phi) is 11.0. The maximum atomic E-state index is 2.61. The number of hydrogen-bond donors (Lipinski definition) is 0. The summed E-state index contributed by atoms with van der Waals surface area (Å²) in [5.41, 5.74) is 27.2. The summed E-state index contributed by atoms with van der Waals surface area (Å²) < 4.78 is 0. The standard InChI is InChI=1S/C78H58N2/c1-5-19-52(20-6-1)53-35-37-54(38-36-53)70-49-57-23-13-14-24-58(57)50-71(70)55-39-43-65(44-40-55)79(63-27-9-3-10-28-63)73-33-17-25-59-47-61-41-42-62-48-60-26-18-34-74(77(60)78(61,62)76(59)73)80(64-29-11-4-12-30-64)66-45-46-68-67-31-15-16-32-69(67)75(72(68)51-66)56-21-7-2-8-22-56/h1-40,43-46,49-51,61-62,75H,41-42,47-48H2. The Morgan fingerprint density at radius 2 is 0.738 bits per heavy atom. The largest absolute Gasteiger partial charge is 0.310 e. The Balaban J connectivity index is 0.845. The number of rotatable bonds is 10. The van der Waals surface area contributed by atoms with Crippen molar-refractivity contribution in [2.75, 3.05) is 9.80 Å². The molecule has 1 saturated carbocycles. The molecule has 1 spiro atoms. The van der Waals surface area contributed by atoms with E-state index in [9.17, 15) is 0 Å². The molecule has 0 amide bonds. The van der Waals surface area contributed by atoms with Crippen LogP contribution in [0, 0.1) is 11.8 Å². The molecule has 0 saturated heterocycles. The van der Waals surface area contributed by atoms with Crippen molar-refractivity contribution in [2.24, 2.45) is 11.8 Å². The van der Waals surface area contributed by atoms with Gasteiger partial charge < -0.3 is 9.80 Å². The lowest BCUT2D eigenvalue weighted by Crippen LogP contribution is -2.34. The van der Waals surface area contributed by atoms with Crippen molar-refractivity contribution in [1.82, 2.24) is 0 Å². The highest BCUT2D eigenvalue weighted by atomic mass is 15.2.